The van der Waals surface area contributed by atoms with Crippen molar-refractivity contribution >= 4 is 0 Å². The first-order chi connectivity index (χ1) is 12.9. The Morgan fingerprint density at radius 3 is 2.63 bits per heavy atom. The molecule has 0 bridgehead atoms. The fraction of sp³-hybridized carbons (Fsp3) is 0.652. The quantitative estimate of drug-likeness (QED) is 0.710. The summed E-state index contributed by atoms with van der Waals surface area (Å²) in [5.41, 5.74) is 0.579. The van der Waals surface area contributed by atoms with E-state index >= 15 is 0 Å². The van der Waals surface area contributed by atoms with Gasteiger partial charge < -0.3 is 14.4 Å². The molecule has 4 heteroatoms. The highest BCUT2D eigenvalue weighted by Crippen LogP contribution is 2.52. The lowest BCUT2D eigenvalue weighted by Crippen LogP contribution is -2.51. The number of hydrogen-bond acceptors (Lipinski definition) is 4. The van der Waals surface area contributed by atoms with Crippen LogP contribution in [0.5, 0.6) is 5.75 Å². The SMILES string of the molecule is CN1CCN(CC#C[C@@]2(C)CC[C@@H]3[C@@H](O2)c2ccccc2OC3(C)C)CC1. The largest absolute Gasteiger partial charge is 0.487 e. The van der Waals surface area contributed by atoms with Crippen LogP contribution >= 0.6 is 0 Å². The molecule has 0 amide bonds. The molecule has 0 saturated carbocycles. The van der Waals surface area contributed by atoms with Crippen LogP contribution in [-0.2, 0) is 4.74 Å². The van der Waals surface area contributed by atoms with E-state index in [4.69, 9.17) is 9.47 Å². The van der Waals surface area contributed by atoms with Crippen molar-refractivity contribution < 1.29 is 9.47 Å². The van der Waals surface area contributed by atoms with Gasteiger partial charge in [0, 0.05) is 37.7 Å². The van der Waals surface area contributed by atoms with E-state index in [9.17, 15) is 0 Å². The Balaban J connectivity index is 1.49. The van der Waals surface area contributed by atoms with E-state index < -0.39 is 0 Å². The zero-order valence-corrected chi connectivity index (χ0v) is 17.1. The van der Waals surface area contributed by atoms with Gasteiger partial charge in [-0.05, 0) is 46.7 Å². The van der Waals surface area contributed by atoms with Crippen LogP contribution in [0.3, 0.4) is 0 Å². The van der Waals surface area contributed by atoms with Crippen molar-refractivity contribution in [3.8, 4) is 17.6 Å². The molecule has 0 spiro atoms. The lowest BCUT2D eigenvalue weighted by atomic mass is 9.73. The van der Waals surface area contributed by atoms with Gasteiger partial charge in [-0.2, -0.15) is 0 Å². The highest BCUT2D eigenvalue weighted by molar-refractivity contribution is 5.39. The molecule has 4 nitrogen and oxygen atoms in total. The molecular formula is C23H32N2O2. The minimum Gasteiger partial charge on any atom is -0.487 e. The molecule has 2 saturated heterocycles. The third kappa shape index (κ3) is 3.87. The number of hydrogen-bond donors (Lipinski definition) is 0. The molecule has 4 rings (SSSR count). The van der Waals surface area contributed by atoms with Crippen LogP contribution in [0.15, 0.2) is 24.3 Å². The van der Waals surface area contributed by atoms with Gasteiger partial charge in [-0.3, -0.25) is 4.90 Å². The van der Waals surface area contributed by atoms with E-state index in [1.165, 1.54) is 5.56 Å². The standard InChI is InChI=1S/C23H32N2O2/c1-22(2)19-10-12-23(3,11-7-13-25-16-14-24(4)15-17-25)27-21(19)18-8-5-6-9-20(18)26-22/h5-6,8-9,19,21H,10,12-17H2,1-4H3/t19-,21+,23+/m1/s1. The minimum atomic E-state index is -0.381. The van der Waals surface area contributed by atoms with Crippen LogP contribution in [0.1, 0.15) is 45.3 Å². The predicted molar refractivity (Wildman–Crippen MR) is 108 cm³/mol. The second kappa shape index (κ2) is 7.13. The Morgan fingerprint density at radius 2 is 1.85 bits per heavy atom. The second-order valence-corrected chi connectivity index (χ2v) is 9.04. The summed E-state index contributed by atoms with van der Waals surface area (Å²) in [4.78, 5) is 4.81. The Hall–Kier alpha value is -1.54. The summed E-state index contributed by atoms with van der Waals surface area (Å²) in [6, 6.07) is 8.31. The molecule has 0 aromatic heterocycles. The summed E-state index contributed by atoms with van der Waals surface area (Å²) in [7, 11) is 2.18. The number of piperazine rings is 1. The molecule has 2 fully saturated rings. The van der Waals surface area contributed by atoms with Gasteiger partial charge in [-0.1, -0.05) is 30.0 Å². The molecule has 3 atom stereocenters. The molecule has 3 aliphatic rings. The van der Waals surface area contributed by atoms with E-state index in [2.05, 4.69) is 67.7 Å². The van der Waals surface area contributed by atoms with Crippen LogP contribution in [0.25, 0.3) is 0 Å². The van der Waals surface area contributed by atoms with E-state index in [1.54, 1.807) is 0 Å². The first-order valence-electron chi connectivity index (χ1n) is 10.2. The molecular weight excluding hydrogens is 336 g/mol. The lowest BCUT2D eigenvalue weighted by Gasteiger charge is -2.50. The van der Waals surface area contributed by atoms with Crippen LogP contribution in [0.4, 0.5) is 0 Å². The third-order valence-corrected chi connectivity index (χ3v) is 6.43. The number of para-hydroxylation sites is 1. The lowest BCUT2D eigenvalue weighted by molar-refractivity contribution is -0.169. The first-order valence-corrected chi connectivity index (χ1v) is 10.2. The monoisotopic (exact) mass is 368 g/mol. The summed E-state index contributed by atoms with van der Waals surface area (Å²) >= 11 is 0. The van der Waals surface area contributed by atoms with Crippen molar-refractivity contribution in [3.05, 3.63) is 29.8 Å². The maximum atomic E-state index is 6.67. The average molecular weight is 369 g/mol. The number of fused-ring (bicyclic) bond motifs is 3. The third-order valence-electron chi connectivity index (χ3n) is 6.43. The summed E-state index contributed by atoms with van der Waals surface area (Å²) in [6.07, 6.45) is 2.09. The van der Waals surface area contributed by atoms with Gasteiger partial charge in [0.05, 0.1) is 12.6 Å². The van der Waals surface area contributed by atoms with Gasteiger partial charge in [-0.25, -0.2) is 0 Å². The normalized spacial score (nSPS) is 33.2. The van der Waals surface area contributed by atoms with Crippen molar-refractivity contribution in [1.82, 2.24) is 9.80 Å². The fourth-order valence-electron chi connectivity index (χ4n) is 4.60. The van der Waals surface area contributed by atoms with E-state index in [-0.39, 0.29) is 17.3 Å². The summed E-state index contributed by atoms with van der Waals surface area (Å²) in [6.45, 7) is 11.8. The van der Waals surface area contributed by atoms with Gasteiger partial charge >= 0.3 is 0 Å². The summed E-state index contributed by atoms with van der Waals surface area (Å²) in [5.74, 6) is 8.22. The van der Waals surface area contributed by atoms with Crippen molar-refractivity contribution in [3.63, 3.8) is 0 Å². The summed E-state index contributed by atoms with van der Waals surface area (Å²) in [5, 5.41) is 0. The van der Waals surface area contributed by atoms with Gasteiger partial charge in [-0.15, -0.1) is 0 Å². The Morgan fingerprint density at radius 1 is 1.11 bits per heavy atom. The molecule has 27 heavy (non-hydrogen) atoms. The Labute approximate surface area is 163 Å². The maximum Gasteiger partial charge on any atom is 0.126 e. The van der Waals surface area contributed by atoms with E-state index in [0.29, 0.717) is 5.92 Å². The van der Waals surface area contributed by atoms with Crippen LogP contribution in [0, 0.1) is 17.8 Å². The van der Waals surface area contributed by atoms with E-state index in [0.717, 1.165) is 51.3 Å². The zero-order chi connectivity index (χ0) is 19.1. The van der Waals surface area contributed by atoms with Gasteiger partial charge in [0.15, 0.2) is 0 Å². The molecule has 3 heterocycles. The number of benzene rings is 1. The van der Waals surface area contributed by atoms with Crippen molar-refractivity contribution in [2.75, 3.05) is 39.8 Å². The van der Waals surface area contributed by atoms with E-state index in [1.807, 2.05) is 6.07 Å². The highest BCUT2D eigenvalue weighted by atomic mass is 16.5. The molecule has 146 valence electrons. The second-order valence-electron chi connectivity index (χ2n) is 9.04. The van der Waals surface area contributed by atoms with Crippen molar-refractivity contribution in [2.24, 2.45) is 5.92 Å². The molecule has 0 N–H and O–H groups in total. The first kappa shape index (κ1) is 18.8. The average Bonchev–Trinajstić information content (AvgIpc) is 2.63. The van der Waals surface area contributed by atoms with Crippen LogP contribution in [0.2, 0.25) is 0 Å². The fourth-order valence-corrected chi connectivity index (χ4v) is 4.60. The summed E-state index contributed by atoms with van der Waals surface area (Å²) < 4.78 is 13.0. The number of likely N-dealkylation sites (N-methyl/N-ethyl adjacent to an activating group) is 1. The molecule has 0 unspecified atom stereocenters. The zero-order valence-electron chi connectivity index (χ0n) is 17.1. The Bertz CT molecular complexity index is 742. The maximum absolute atomic E-state index is 6.67. The van der Waals surface area contributed by atoms with Gasteiger partial charge in [0.25, 0.3) is 0 Å². The number of ether oxygens (including phenoxy) is 2. The van der Waals surface area contributed by atoms with Crippen LogP contribution < -0.4 is 4.74 Å². The molecule has 1 aromatic carbocycles. The number of nitrogens with zero attached hydrogens (tertiary/aromatic N) is 2. The van der Waals surface area contributed by atoms with Crippen molar-refractivity contribution in [1.29, 1.82) is 0 Å². The van der Waals surface area contributed by atoms with Crippen molar-refractivity contribution in [2.45, 2.75) is 50.9 Å². The number of rotatable bonds is 1. The van der Waals surface area contributed by atoms with Gasteiger partial charge in [0.2, 0.25) is 0 Å². The molecule has 0 radical (unpaired) electrons. The highest BCUT2D eigenvalue weighted by Gasteiger charge is 2.49. The van der Waals surface area contributed by atoms with Gasteiger partial charge in [0.1, 0.15) is 17.0 Å². The topological polar surface area (TPSA) is 24.9 Å². The predicted octanol–water partition coefficient (Wildman–Crippen LogP) is 3.33. The minimum absolute atomic E-state index is 0.0571. The molecule has 3 aliphatic heterocycles. The Kier molecular flexibility index (Phi) is 4.96. The molecule has 0 aliphatic carbocycles. The smallest absolute Gasteiger partial charge is 0.126 e. The molecule has 1 aromatic rings. The van der Waals surface area contributed by atoms with Crippen LogP contribution in [-0.4, -0.2) is 60.8 Å².